The zero-order valence-corrected chi connectivity index (χ0v) is 17.9. The van der Waals surface area contributed by atoms with Gasteiger partial charge >= 0.3 is 0 Å². The predicted molar refractivity (Wildman–Crippen MR) is 112 cm³/mol. The van der Waals surface area contributed by atoms with Gasteiger partial charge in [-0.15, -0.1) is 0 Å². The van der Waals surface area contributed by atoms with Gasteiger partial charge in [-0.05, 0) is 57.2 Å². The molecule has 1 aromatic carbocycles. The van der Waals surface area contributed by atoms with E-state index in [4.69, 9.17) is 0 Å². The normalized spacial score (nSPS) is 20.3. The maximum atomic E-state index is 12.9. The molecule has 150 valence electrons. The average molecular weight is 372 g/mol. The van der Waals surface area contributed by atoms with Crippen LogP contribution in [0.1, 0.15) is 51.7 Å². The number of hydrogen-bond acceptors (Lipinski definition) is 3. The quantitative estimate of drug-likeness (QED) is 0.794. The summed E-state index contributed by atoms with van der Waals surface area (Å²) in [6.45, 7) is 13.2. The van der Waals surface area contributed by atoms with E-state index in [1.165, 1.54) is 11.1 Å². The Morgan fingerprint density at radius 3 is 2.41 bits per heavy atom. The van der Waals surface area contributed by atoms with Crippen molar-refractivity contribution >= 4 is 5.91 Å². The van der Waals surface area contributed by atoms with Crippen LogP contribution in [0.15, 0.2) is 24.3 Å². The van der Waals surface area contributed by atoms with Crippen molar-refractivity contribution in [1.29, 1.82) is 0 Å². The first-order valence-electron chi connectivity index (χ1n) is 10.6. The number of hydrogen-bond donors (Lipinski definition) is 0. The second-order valence-corrected chi connectivity index (χ2v) is 9.17. The highest BCUT2D eigenvalue weighted by molar-refractivity contribution is 5.78. The van der Waals surface area contributed by atoms with Crippen LogP contribution in [0.4, 0.5) is 0 Å². The monoisotopic (exact) mass is 371 g/mol. The molecule has 3 rings (SSSR count). The number of amides is 1. The van der Waals surface area contributed by atoms with Crippen molar-refractivity contribution < 1.29 is 4.79 Å². The van der Waals surface area contributed by atoms with Gasteiger partial charge in [0.2, 0.25) is 5.91 Å². The highest BCUT2D eigenvalue weighted by Crippen LogP contribution is 2.42. The van der Waals surface area contributed by atoms with Crippen molar-refractivity contribution in [3.8, 4) is 0 Å². The number of rotatable bonds is 5. The SMILES string of the molecule is CC(C)CN(C(=O)CN1CCC2(CC1)c1ccccc1CCN2C)C(C)C. The zero-order valence-electron chi connectivity index (χ0n) is 17.9. The summed E-state index contributed by atoms with van der Waals surface area (Å²) in [7, 11) is 2.28. The van der Waals surface area contributed by atoms with E-state index in [0.29, 0.717) is 12.5 Å². The van der Waals surface area contributed by atoms with Crippen molar-refractivity contribution in [2.24, 2.45) is 5.92 Å². The molecule has 0 N–H and O–H groups in total. The molecule has 0 radical (unpaired) electrons. The van der Waals surface area contributed by atoms with Gasteiger partial charge in [0.25, 0.3) is 0 Å². The highest BCUT2D eigenvalue weighted by atomic mass is 16.2. The Morgan fingerprint density at radius 2 is 1.78 bits per heavy atom. The molecule has 1 amide bonds. The lowest BCUT2D eigenvalue weighted by Gasteiger charge is -2.51. The Kier molecular flexibility index (Phi) is 6.27. The van der Waals surface area contributed by atoms with Crippen LogP contribution in [-0.4, -0.2) is 66.4 Å². The van der Waals surface area contributed by atoms with Crippen molar-refractivity contribution in [2.45, 2.75) is 58.5 Å². The lowest BCUT2D eigenvalue weighted by atomic mass is 9.74. The first kappa shape index (κ1) is 20.3. The van der Waals surface area contributed by atoms with E-state index in [1.807, 2.05) is 0 Å². The number of benzene rings is 1. The Balaban J connectivity index is 1.66. The van der Waals surface area contributed by atoms with Crippen molar-refractivity contribution in [2.75, 3.05) is 39.8 Å². The van der Waals surface area contributed by atoms with Gasteiger partial charge in [0.15, 0.2) is 0 Å². The molecule has 1 fully saturated rings. The molecule has 0 aromatic heterocycles. The summed E-state index contributed by atoms with van der Waals surface area (Å²) in [6, 6.07) is 9.25. The number of likely N-dealkylation sites (N-methyl/N-ethyl adjacent to an activating group) is 1. The topological polar surface area (TPSA) is 26.8 Å². The zero-order chi connectivity index (χ0) is 19.6. The lowest BCUT2D eigenvalue weighted by molar-refractivity contribution is -0.135. The van der Waals surface area contributed by atoms with Gasteiger partial charge in [0.1, 0.15) is 0 Å². The van der Waals surface area contributed by atoms with Crippen LogP contribution in [-0.2, 0) is 16.8 Å². The third-order valence-corrected chi connectivity index (χ3v) is 6.51. The fraction of sp³-hybridized carbons (Fsp3) is 0.696. The number of piperidine rings is 1. The van der Waals surface area contributed by atoms with E-state index in [2.05, 4.69) is 73.7 Å². The summed E-state index contributed by atoms with van der Waals surface area (Å²) in [4.78, 5) is 19.9. The summed E-state index contributed by atoms with van der Waals surface area (Å²) in [5.74, 6) is 0.792. The maximum Gasteiger partial charge on any atom is 0.236 e. The van der Waals surface area contributed by atoms with E-state index >= 15 is 0 Å². The fourth-order valence-electron chi connectivity index (χ4n) is 4.91. The van der Waals surface area contributed by atoms with Gasteiger partial charge in [-0.3, -0.25) is 14.6 Å². The molecule has 2 aliphatic heterocycles. The van der Waals surface area contributed by atoms with E-state index in [0.717, 1.165) is 45.4 Å². The van der Waals surface area contributed by atoms with E-state index in [-0.39, 0.29) is 17.5 Å². The van der Waals surface area contributed by atoms with Crippen LogP contribution in [0, 0.1) is 5.92 Å². The number of likely N-dealkylation sites (tertiary alicyclic amines) is 1. The highest BCUT2D eigenvalue weighted by Gasteiger charge is 2.43. The molecule has 1 aromatic rings. The minimum absolute atomic E-state index is 0.157. The number of fused-ring (bicyclic) bond motifs is 2. The van der Waals surface area contributed by atoms with Crippen molar-refractivity contribution in [3.63, 3.8) is 0 Å². The molecule has 0 unspecified atom stereocenters. The molecule has 2 heterocycles. The smallest absolute Gasteiger partial charge is 0.236 e. The third kappa shape index (κ3) is 4.22. The molecule has 4 heteroatoms. The van der Waals surface area contributed by atoms with Crippen LogP contribution >= 0.6 is 0 Å². The largest absolute Gasteiger partial charge is 0.339 e. The van der Waals surface area contributed by atoms with E-state index < -0.39 is 0 Å². The van der Waals surface area contributed by atoms with Crippen LogP contribution in [0.5, 0.6) is 0 Å². The van der Waals surface area contributed by atoms with E-state index in [9.17, 15) is 4.79 Å². The molecule has 0 atom stereocenters. The minimum Gasteiger partial charge on any atom is -0.339 e. The van der Waals surface area contributed by atoms with Gasteiger partial charge in [0.05, 0.1) is 6.54 Å². The second-order valence-electron chi connectivity index (χ2n) is 9.17. The number of nitrogens with zero attached hydrogens (tertiary/aromatic N) is 3. The summed E-state index contributed by atoms with van der Waals surface area (Å²) in [5.41, 5.74) is 3.20. The average Bonchev–Trinajstić information content (AvgIpc) is 2.64. The van der Waals surface area contributed by atoms with Gasteiger partial charge in [-0.2, -0.15) is 0 Å². The molecular weight excluding hydrogens is 334 g/mol. The molecule has 2 aliphatic rings. The lowest BCUT2D eigenvalue weighted by Crippen LogP contribution is -2.56. The molecule has 27 heavy (non-hydrogen) atoms. The Morgan fingerprint density at radius 1 is 1.11 bits per heavy atom. The van der Waals surface area contributed by atoms with Crippen LogP contribution in [0.3, 0.4) is 0 Å². The molecule has 1 spiro atoms. The molecule has 1 saturated heterocycles. The molecule has 0 saturated carbocycles. The van der Waals surface area contributed by atoms with Crippen LogP contribution < -0.4 is 0 Å². The summed E-state index contributed by atoms with van der Waals surface area (Å²) in [6.07, 6.45) is 3.37. The first-order chi connectivity index (χ1) is 12.8. The number of carbonyl (C=O) groups excluding carboxylic acids is 1. The summed E-state index contributed by atoms with van der Waals surface area (Å²) >= 11 is 0. The molecular formula is C23H37N3O. The summed E-state index contributed by atoms with van der Waals surface area (Å²) < 4.78 is 0. The Labute approximate surface area is 165 Å². The van der Waals surface area contributed by atoms with Crippen molar-refractivity contribution in [1.82, 2.24) is 14.7 Å². The fourth-order valence-corrected chi connectivity index (χ4v) is 4.91. The first-order valence-corrected chi connectivity index (χ1v) is 10.6. The molecule has 0 aliphatic carbocycles. The van der Waals surface area contributed by atoms with E-state index in [1.54, 1.807) is 0 Å². The van der Waals surface area contributed by atoms with Gasteiger partial charge in [-0.25, -0.2) is 0 Å². The Bertz CT molecular complexity index is 647. The van der Waals surface area contributed by atoms with Crippen LogP contribution in [0.25, 0.3) is 0 Å². The molecule has 4 nitrogen and oxygen atoms in total. The van der Waals surface area contributed by atoms with Gasteiger partial charge in [0, 0.05) is 37.8 Å². The van der Waals surface area contributed by atoms with Gasteiger partial charge in [-0.1, -0.05) is 38.1 Å². The Hall–Kier alpha value is -1.39. The summed E-state index contributed by atoms with van der Waals surface area (Å²) in [5, 5.41) is 0. The standard InChI is InChI=1S/C23H37N3O/c1-18(2)16-26(19(3)4)22(27)17-25-14-11-23(12-15-25)21-9-7-6-8-20(21)10-13-24(23)5/h6-9,18-19H,10-17H2,1-5H3. The van der Waals surface area contributed by atoms with Crippen molar-refractivity contribution in [3.05, 3.63) is 35.4 Å². The van der Waals surface area contributed by atoms with Crippen LogP contribution in [0.2, 0.25) is 0 Å². The third-order valence-electron chi connectivity index (χ3n) is 6.51. The maximum absolute atomic E-state index is 12.9. The second kappa shape index (κ2) is 8.32. The predicted octanol–water partition coefficient (Wildman–Crippen LogP) is 3.36. The van der Waals surface area contributed by atoms with Gasteiger partial charge < -0.3 is 4.90 Å². The number of carbonyl (C=O) groups is 1. The molecule has 0 bridgehead atoms. The minimum atomic E-state index is 0.157.